The van der Waals surface area contributed by atoms with Gasteiger partial charge in [-0.2, -0.15) is 4.31 Å². The summed E-state index contributed by atoms with van der Waals surface area (Å²) in [4.78, 5) is 6.63. The van der Waals surface area contributed by atoms with Crippen LogP contribution in [0.2, 0.25) is 0 Å². The standard InChI is InChI=1S/C19H36N4O4S.HI/c1-14(2)26-12-13-28(24,25)23-9-7-22(8-10-23)18(20-5)21-16-15-6-11-27-17(15)19(16,3)4;/h14-17H,6-13H2,1-5H3,(H,20,21);1H. The van der Waals surface area contributed by atoms with Crippen LogP contribution in [-0.2, 0) is 19.5 Å². The fourth-order valence-electron chi connectivity index (χ4n) is 4.75. The van der Waals surface area contributed by atoms with Crippen LogP contribution in [0.4, 0.5) is 0 Å². The molecule has 3 aliphatic rings. The normalized spacial score (nSPS) is 29.9. The molecule has 0 spiro atoms. The fourth-order valence-corrected chi connectivity index (χ4v) is 6.03. The van der Waals surface area contributed by atoms with Crippen LogP contribution in [0.5, 0.6) is 0 Å². The van der Waals surface area contributed by atoms with Crippen LogP contribution >= 0.6 is 24.0 Å². The quantitative estimate of drug-likeness (QED) is 0.309. The number of ether oxygens (including phenoxy) is 2. The number of halogens is 1. The maximum Gasteiger partial charge on any atom is 0.216 e. The summed E-state index contributed by atoms with van der Waals surface area (Å²) in [6.07, 6.45) is 1.47. The van der Waals surface area contributed by atoms with E-state index in [2.05, 4.69) is 29.1 Å². The van der Waals surface area contributed by atoms with Gasteiger partial charge < -0.3 is 19.7 Å². The van der Waals surface area contributed by atoms with E-state index in [0.29, 0.717) is 44.2 Å². The lowest BCUT2D eigenvalue weighted by atomic mass is 9.57. The molecule has 10 heteroatoms. The maximum atomic E-state index is 12.5. The van der Waals surface area contributed by atoms with E-state index in [1.807, 2.05) is 13.8 Å². The van der Waals surface area contributed by atoms with Crippen molar-refractivity contribution in [1.29, 1.82) is 0 Å². The van der Waals surface area contributed by atoms with Crippen molar-refractivity contribution < 1.29 is 17.9 Å². The first-order valence-electron chi connectivity index (χ1n) is 10.4. The van der Waals surface area contributed by atoms with Gasteiger partial charge in [0.15, 0.2) is 5.96 Å². The lowest BCUT2D eigenvalue weighted by Crippen LogP contribution is -2.68. The molecule has 170 valence electrons. The lowest BCUT2D eigenvalue weighted by molar-refractivity contribution is -0.107. The van der Waals surface area contributed by atoms with E-state index in [0.717, 1.165) is 19.0 Å². The van der Waals surface area contributed by atoms with E-state index in [4.69, 9.17) is 9.47 Å². The van der Waals surface area contributed by atoms with E-state index < -0.39 is 10.0 Å². The summed E-state index contributed by atoms with van der Waals surface area (Å²) in [7, 11) is -1.48. The number of nitrogens with one attached hydrogen (secondary N) is 1. The summed E-state index contributed by atoms with van der Waals surface area (Å²) < 4.78 is 37.9. The lowest BCUT2D eigenvalue weighted by Gasteiger charge is -2.55. The van der Waals surface area contributed by atoms with Crippen LogP contribution in [0.1, 0.15) is 34.1 Å². The Morgan fingerprint density at radius 3 is 2.52 bits per heavy atom. The monoisotopic (exact) mass is 544 g/mol. The van der Waals surface area contributed by atoms with E-state index >= 15 is 0 Å². The largest absolute Gasteiger partial charge is 0.378 e. The van der Waals surface area contributed by atoms with Crippen molar-refractivity contribution in [3.8, 4) is 0 Å². The summed E-state index contributed by atoms with van der Waals surface area (Å²) in [5.41, 5.74) is 0.0820. The summed E-state index contributed by atoms with van der Waals surface area (Å²) >= 11 is 0. The first kappa shape index (κ1) is 25.1. The van der Waals surface area contributed by atoms with Gasteiger partial charge in [-0.3, -0.25) is 4.99 Å². The predicted molar refractivity (Wildman–Crippen MR) is 125 cm³/mol. The highest BCUT2D eigenvalue weighted by molar-refractivity contribution is 14.0. The molecule has 3 atom stereocenters. The smallest absolute Gasteiger partial charge is 0.216 e. The molecule has 2 heterocycles. The number of hydrogen-bond donors (Lipinski definition) is 1. The van der Waals surface area contributed by atoms with Gasteiger partial charge in [0.25, 0.3) is 0 Å². The van der Waals surface area contributed by atoms with Gasteiger partial charge in [-0.1, -0.05) is 13.8 Å². The van der Waals surface area contributed by atoms with Gasteiger partial charge in [-0.15, -0.1) is 24.0 Å². The van der Waals surface area contributed by atoms with Gasteiger partial charge in [0.1, 0.15) is 0 Å². The molecule has 0 radical (unpaired) electrons. The third-order valence-corrected chi connectivity index (χ3v) is 8.16. The fraction of sp³-hybridized carbons (Fsp3) is 0.947. The second-order valence-electron chi connectivity index (χ2n) is 8.86. The van der Waals surface area contributed by atoms with Gasteiger partial charge in [0, 0.05) is 57.2 Å². The molecule has 2 saturated heterocycles. The van der Waals surface area contributed by atoms with Gasteiger partial charge in [0.05, 0.1) is 24.6 Å². The van der Waals surface area contributed by atoms with Crippen molar-refractivity contribution in [2.45, 2.75) is 52.4 Å². The highest BCUT2D eigenvalue weighted by atomic mass is 127. The van der Waals surface area contributed by atoms with Gasteiger partial charge in [-0.05, 0) is 20.3 Å². The zero-order chi connectivity index (χ0) is 20.5. The van der Waals surface area contributed by atoms with Crippen molar-refractivity contribution >= 4 is 40.0 Å². The van der Waals surface area contributed by atoms with Crippen molar-refractivity contribution in [3.63, 3.8) is 0 Å². The summed E-state index contributed by atoms with van der Waals surface area (Å²) in [5, 5.41) is 3.64. The first-order chi connectivity index (χ1) is 13.2. The second kappa shape index (κ2) is 9.97. The molecular weight excluding hydrogens is 507 g/mol. The molecule has 1 saturated carbocycles. The SMILES string of the molecule is CN=C(NC1C2CCOC2C1(C)C)N1CCN(S(=O)(=O)CCOC(C)C)CC1.I. The zero-order valence-corrected chi connectivity index (χ0v) is 21.4. The number of nitrogens with zero attached hydrogens (tertiary/aromatic N) is 3. The number of piperazine rings is 1. The molecule has 2 aliphatic heterocycles. The van der Waals surface area contributed by atoms with Crippen LogP contribution in [0.15, 0.2) is 4.99 Å². The molecule has 0 bridgehead atoms. The molecule has 0 aromatic rings. The van der Waals surface area contributed by atoms with Gasteiger partial charge >= 0.3 is 0 Å². The number of sulfonamides is 1. The van der Waals surface area contributed by atoms with E-state index in [1.165, 1.54) is 0 Å². The molecule has 3 rings (SSSR count). The number of aliphatic imine (C=N–C) groups is 1. The van der Waals surface area contributed by atoms with Crippen LogP contribution in [0, 0.1) is 11.3 Å². The molecule has 3 fully saturated rings. The molecule has 0 aromatic heterocycles. The summed E-state index contributed by atoms with van der Waals surface area (Å²) in [5.74, 6) is 1.44. The topological polar surface area (TPSA) is 83.5 Å². The molecule has 29 heavy (non-hydrogen) atoms. The van der Waals surface area contributed by atoms with Crippen molar-refractivity contribution in [2.75, 3.05) is 52.2 Å². The molecule has 0 aromatic carbocycles. The van der Waals surface area contributed by atoms with Crippen LogP contribution in [0.25, 0.3) is 0 Å². The van der Waals surface area contributed by atoms with E-state index in [-0.39, 0.29) is 47.9 Å². The van der Waals surface area contributed by atoms with Crippen LogP contribution in [-0.4, -0.2) is 94.0 Å². The molecule has 1 aliphatic carbocycles. The van der Waals surface area contributed by atoms with Crippen molar-refractivity contribution in [1.82, 2.24) is 14.5 Å². The minimum Gasteiger partial charge on any atom is -0.378 e. The van der Waals surface area contributed by atoms with E-state index in [1.54, 1.807) is 11.4 Å². The number of hydrogen-bond acceptors (Lipinski definition) is 5. The third kappa shape index (κ3) is 5.36. The predicted octanol–water partition coefficient (Wildman–Crippen LogP) is 1.37. The summed E-state index contributed by atoms with van der Waals surface area (Å²) in [6.45, 7) is 11.6. The Morgan fingerprint density at radius 1 is 1.28 bits per heavy atom. The van der Waals surface area contributed by atoms with Gasteiger partial charge in [0.2, 0.25) is 10.0 Å². The van der Waals surface area contributed by atoms with Crippen LogP contribution in [0.3, 0.4) is 0 Å². The minimum atomic E-state index is -3.28. The molecule has 0 amide bonds. The molecular formula is C19H37IN4O4S. The summed E-state index contributed by atoms with van der Waals surface area (Å²) in [6, 6.07) is 0.341. The van der Waals surface area contributed by atoms with Crippen molar-refractivity contribution in [3.05, 3.63) is 0 Å². The Hall–Kier alpha value is -0.170. The third-order valence-electron chi connectivity index (χ3n) is 6.32. The molecule has 1 N–H and O–H groups in total. The maximum absolute atomic E-state index is 12.5. The molecule has 8 nitrogen and oxygen atoms in total. The van der Waals surface area contributed by atoms with Gasteiger partial charge in [-0.25, -0.2) is 8.42 Å². The Kier molecular flexibility index (Phi) is 8.63. The number of fused-ring (bicyclic) bond motifs is 1. The minimum absolute atomic E-state index is 0. The number of rotatable bonds is 6. The average Bonchev–Trinajstić information content (AvgIpc) is 3.09. The van der Waals surface area contributed by atoms with Crippen molar-refractivity contribution in [2.24, 2.45) is 16.3 Å². The zero-order valence-electron chi connectivity index (χ0n) is 18.3. The molecule has 3 unspecified atom stereocenters. The first-order valence-corrected chi connectivity index (χ1v) is 12.0. The second-order valence-corrected chi connectivity index (χ2v) is 10.9. The Bertz CT molecular complexity index is 678. The Labute approximate surface area is 192 Å². The Morgan fingerprint density at radius 2 is 1.93 bits per heavy atom. The highest BCUT2D eigenvalue weighted by Gasteiger charge is 2.59. The Balaban J connectivity index is 0.00000300. The average molecular weight is 545 g/mol. The highest BCUT2D eigenvalue weighted by Crippen LogP contribution is 2.52. The van der Waals surface area contributed by atoms with E-state index in [9.17, 15) is 8.42 Å². The van der Waals surface area contributed by atoms with Crippen LogP contribution < -0.4 is 5.32 Å². The number of guanidine groups is 1.